The lowest BCUT2D eigenvalue weighted by Gasteiger charge is -2.30. The number of nitriles is 1. The minimum atomic E-state index is -3.81. The number of hydrogen-bond donors (Lipinski definition) is 0. The highest BCUT2D eigenvalue weighted by molar-refractivity contribution is 9.09. The average Bonchev–Trinajstić information content (AvgIpc) is 3.13. The quantitative estimate of drug-likeness (QED) is 0.0344. The predicted octanol–water partition coefficient (Wildman–Crippen LogP) is 14.5. The third-order valence-electron chi connectivity index (χ3n) is 9.55. The molecule has 51 heavy (non-hydrogen) atoms. The van der Waals surface area contributed by atoms with E-state index in [4.69, 9.17) is 28.3 Å². The second kappa shape index (κ2) is 39.7. The zero-order valence-electron chi connectivity index (χ0n) is 33.9. The molecule has 1 atom stereocenters. The number of phosphoric ester groups is 1. The highest BCUT2D eigenvalue weighted by Crippen LogP contribution is 2.50. The van der Waals surface area contributed by atoms with Gasteiger partial charge in [-0.25, -0.2) is 4.57 Å². The standard InChI is InChI=1S/C42H83BrNO6P/c1-4-6-8-10-12-14-16-18-20-22-24-26-28-30-35-46-39-42(3,41-50-51(45,49-38-33-43)48-37-32-34-44)40-47-36-31-29-27-25-23-21-19-17-15-13-11-9-7-5-2/h4-33,35-41H2,1-3H3. The maximum Gasteiger partial charge on any atom is 0.474 e. The molecule has 0 aromatic heterocycles. The van der Waals surface area contributed by atoms with Crippen molar-refractivity contribution in [1.82, 2.24) is 0 Å². The van der Waals surface area contributed by atoms with Crippen LogP contribution in [0.15, 0.2) is 0 Å². The maximum absolute atomic E-state index is 13.3. The van der Waals surface area contributed by atoms with Crippen LogP contribution >= 0.6 is 23.8 Å². The summed E-state index contributed by atoms with van der Waals surface area (Å²) in [5, 5.41) is 9.40. The number of phosphoric acid groups is 1. The Morgan fingerprint density at radius 2 is 0.824 bits per heavy atom. The third-order valence-corrected chi connectivity index (χ3v) is 11.3. The number of hydrogen-bond acceptors (Lipinski definition) is 7. The summed E-state index contributed by atoms with van der Waals surface area (Å²) >= 11 is 3.30. The molecule has 0 heterocycles. The molecule has 0 aromatic carbocycles. The van der Waals surface area contributed by atoms with Crippen molar-refractivity contribution in [2.24, 2.45) is 5.41 Å². The minimum absolute atomic E-state index is 0.00196. The maximum atomic E-state index is 13.3. The van der Waals surface area contributed by atoms with Gasteiger partial charge >= 0.3 is 7.82 Å². The zero-order valence-corrected chi connectivity index (χ0v) is 36.4. The molecule has 0 bridgehead atoms. The van der Waals surface area contributed by atoms with E-state index in [1.165, 1.54) is 167 Å². The van der Waals surface area contributed by atoms with Gasteiger partial charge in [-0.1, -0.05) is 204 Å². The van der Waals surface area contributed by atoms with Crippen LogP contribution in [0.4, 0.5) is 0 Å². The van der Waals surface area contributed by atoms with E-state index in [1.807, 2.05) is 13.0 Å². The molecule has 0 saturated heterocycles. The molecule has 0 aliphatic heterocycles. The molecule has 1 unspecified atom stereocenters. The molecule has 0 N–H and O–H groups in total. The van der Waals surface area contributed by atoms with E-state index in [1.54, 1.807) is 0 Å². The molecule has 0 spiro atoms. The first-order valence-electron chi connectivity index (χ1n) is 21.6. The van der Waals surface area contributed by atoms with Gasteiger partial charge in [-0.05, 0) is 12.8 Å². The molecule has 9 heteroatoms. The van der Waals surface area contributed by atoms with Gasteiger partial charge < -0.3 is 9.47 Å². The Labute approximate surface area is 325 Å². The van der Waals surface area contributed by atoms with Crippen LogP contribution in [-0.2, 0) is 27.6 Å². The van der Waals surface area contributed by atoms with Gasteiger partial charge in [-0.3, -0.25) is 13.6 Å². The van der Waals surface area contributed by atoms with E-state index < -0.39 is 13.2 Å². The van der Waals surface area contributed by atoms with E-state index in [2.05, 4.69) is 29.8 Å². The molecule has 0 rings (SSSR count). The van der Waals surface area contributed by atoms with Crippen LogP contribution in [0.1, 0.15) is 207 Å². The normalized spacial score (nSPS) is 13.1. The minimum Gasteiger partial charge on any atom is -0.381 e. The van der Waals surface area contributed by atoms with Gasteiger partial charge in [-0.15, -0.1) is 0 Å². The average molecular weight is 809 g/mol. The van der Waals surface area contributed by atoms with Crippen LogP contribution < -0.4 is 0 Å². The Bertz CT molecular complexity index is 762. The van der Waals surface area contributed by atoms with Crippen molar-refractivity contribution in [2.75, 3.05) is 51.6 Å². The lowest BCUT2D eigenvalue weighted by molar-refractivity contribution is -0.0440. The molecule has 0 saturated carbocycles. The fourth-order valence-corrected chi connectivity index (χ4v) is 7.99. The Kier molecular flexibility index (Phi) is 39.7. The second-order valence-electron chi connectivity index (χ2n) is 15.1. The fourth-order valence-electron chi connectivity index (χ4n) is 6.26. The van der Waals surface area contributed by atoms with Gasteiger partial charge in [0.05, 0.1) is 45.5 Å². The molecule has 0 aromatic rings. The molecular formula is C42H83BrNO6P. The van der Waals surface area contributed by atoms with E-state index in [0.717, 1.165) is 12.8 Å². The van der Waals surface area contributed by atoms with E-state index in [-0.39, 0.29) is 26.2 Å². The van der Waals surface area contributed by atoms with Gasteiger partial charge in [0.25, 0.3) is 0 Å². The van der Waals surface area contributed by atoms with Gasteiger partial charge in [-0.2, -0.15) is 5.26 Å². The number of alkyl halides is 1. The summed E-state index contributed by atoms with van der Waals surface area (Å²) in [7, 11) is -3.81. The molecule has 7 nitrogen and oxygen atoms in total. The molecule has 0 amide bonds. The van der Waals surface area contributed by atoms with Crippen LogP contribution in [0.3, 0.4) is 0 Å². The summed E-state index contributed by atoms with van der Waals surface area (Å²) in [4.78, 5) is 0. The lowest BCUT2D eigenvalue weighted by Crippen LogP contribution is -2.34. The highest BCUT2D eigenvalue weighted by atomic mass is 79.9. The summed E-state index contributed by atoms with van der Waals surface area (Å²) in [5.74, 6) is 0. The summed E-state index contributed by atoms with van der Waals surface area (Å²) in [5.41, 5.74) is -0.502. The van der Waals surface area contributed by atoms with Gasteiger partial charge in [0, 0.05) is 24.0 Å². The molecule has 0 radical (unpaired) electrons. The Morgan fingerprint density at radius 3 is 1.16 bits per heavy atom. The van der Waals surface area contributed by atoms with Crippen molar-refractivity contribution in [2.45, 2.75) is 207 Å². The summed E-state index contributed by atoms with van der Waals surface area (Å²) in [6.45, 7) is 9.20. The second-order valence-corrected chi connectivity index (χ2v) is 17.6. The molecule has 304 valence electrons. The van der Waals surface area contributed by atoms with Gasteiger partial charge in [0.15, 0.2) is 0 Å². The van der Waals surface area contributed by atoms with Crippen LogP contribution in [0.25, 0.3) is 0 Å². The smallest absolute Gasteiger partial charge is 0.381 e. The SMILES string of the molecule is CCCCCCCCCCCCCCCCOCC(C)(COCCCCCCCCCCCCCCCC)COP(=O)(OCCBr)OCCC#N. The Morgan fingerprint density at radius 1 is 0.490 bits per heavy atom. The fraction of sp³-hybridized carbons (Fsp3) is 0.976. The number of rotatable bonds is 43. The molecule has 0 aliphatic carbocycles. The van der Waals surface area contributed by atoms with Crippen LogP contribution in [0.2, 0.25) is 0 Å². The first-order valence-corrected chi connectivity index (χ1v) is 24.2. The number of ether oxygens (including phenoxy) is 2. The number of unbranched alkanes of at least 4 members (excludes halogenated alkanes) is 26. The van der Waals surface area contributed by atoms with Crippen molar-refractivity contribution < 1.29 is 27.6 Å². The van der Waals surface area contributed by atoms with Crippen molar-refractivity contribution >= 4 is 23.8 Å². The highest BCUT2D eigenvalue weighted by Gasteiger charge is 2.33. The van der Waals surface area contributed by atoms with Crippen LogP contribution in [-0.4, -0.2) is 51.6 Å². The largest absolute Gasteiger partial charge is 0.474 e. The van der Waals surface area contributed by atoms with E-state index in [9.17, 15) is 4.57 Å². The molecule has 0 aliphatic rings. The zero-order chi connectivity index (χ0) is 37.4. The third kappa shape index (κ3) is 36.7. The van der Waals surface area contributed by atoms with Gasteiger partial charge in [0.1, 0.15) is 0 Å². The summed E-state index contributed by atoms with van der Waals surface area (Å²) < 4.78 is 42.3. The van der Waals surface area contributed by atoms with Crippen LogP contribution in [0, 0.1) is 16.7 Å². The Hall–Kier alpha value is -0.0000000000000000555. The topological polar surface area (TPSA) is 87.0 Å². The Balaban J connectivity index is 4.36. The molecular weight excluding hydrogens is 725 g/mol. The predicted molar refractivity (Wildman–Crippen MR) is 220 cm³/mol. The van der Waals surface area contributed by atoms with Gasteiger partial charge in [0.2, 0.25) is 0 Å². The lowest BCUT2D eigenvalue weighted by atomic mass is 9.94. The monoisotopic (exact) mass is 808 g/mol. The van der Waals surface area contributed by atoms with Crippen molar-refractivity contribution in [1.29, 1.82) is 5.26 Å². The summed E-state index contributed by atoms with van der Waals surface area (Å²) in [6.07, 6.45) is 37.4. The first kappa shape index (κ1) is 51.0. The molecule has 0 fully saturated rings. The van der Waals surface area contributed by atoms with E-state index in [0.29, 0.717) is 31.8 Å². The van der Waals surface area contributed by atoms with Crippen molar-refractivity contribution in [3.8, 4) is 6.07 Å². The number of nitrogens with zero attached hydrogens (tertiary/aromatic N) is 1. The number of halogens is 1. The first-order chi connectivity index (χ1) is 24.9. The van der Waals surface area contributed by atoms with E-state index >= 15 is 0 Å². The summed E-state index contributed by atoms with van der Waals surface area (Å²) in [6, 6.07) is 2.01. The van der Waals surface area contributed by atoms with Crippen molar-refractivity contribution in [3.05, 3.63) is 0 Å². The van der Waals surface area contributed by atoms with Crippen LogP contribution in [0.5, 0.6) is 0 Å². The van der Waals surface area contributed by atoms with Crippen molar-refractivity contribution in [3.63, 3.8) is 0 Å².